The van der Waals surface area contributed by atoms with Gasteiger partial charge in [-0.2, -0.15) is 5.10 Å². The molecule has 1 heterocycles. The molecule has 0 fully saturated rings. The summed E-state index contributed by atoms with van der Waals surface area (Å²) in [6.07, 6.45) is 3.35. The van der Waals surface area contributed by atoms with Crippen molar-refractivity contribution in [2.45, 2.75) is 46.1 Å². The number of nitrogens with one attached hydrogen (secondary N) is 1. The van der Waals surface area contributed by atoms with Crippen LogP contribution >= 0.6 is 0 Å². The smallest absolute Gasteiger partial charge is 0.0624 e. The maximum Gasteiger partial charge on any atom is 0.0624 e. The molecule has 0 aliphatic rings. The fourth-order valence-corrected chi connectivity index (χ4v) is 2.10. The first kappa shape index (κ1) is 13.2. The zero-order chi connectivity index (χ0) is 12.1. The second-order valence-electron chi connectivity index (χ2n) is 4.84. The molecular weight excluding hydrogens is 198 g/mol. The van der Waals surface area contributed by atoms with Crippen molar-refractivity contribution in [1.29, 1.82) is 0 Å². The molecule has 0 saturated carbocycles. The molecule has 3 nitrogen and oxygen atoms in total. The first-order valence-electron chi connectivity index (χ1n) is 6.25. The molecule has 0 bridgehead atoms. The van der Waals surface area contributed by atoms with Crippen molar-refractivity contribution in [3.63, 3.8) is 0 Å². The molecule has 0 aliphatic heterocycles. The molecule has 1 N–H and O–H groups in total. The minimum atomic E-state index is 0.592. The Bertz CT molecular complexity index is 317. The highest BCUT2D eigenvalue weighted by Crippen LogP contribution is 2.14. The van der Waals surface area contributed by atoms with Crippen molar-refractivity contribution in [2.75, 3.05) is 7.05 Å². The Morgan fingerprint density at radius 3 is 2.62 bits per heavy atom. The summed E-state index contributed by atoms with van der Waals surface area (Å²) in [5, 5.41) is 7.77. The van der Waals surface area contributed by atoms with Crippen LogP contribution in [-0.4, -0.2) is 22.9 Å². The third-order valence-electron chi connectivity index (χ3n) is 3.20. The molecule has 0 spiro atoms. The fourth-order valence-electron chi connectivity index (χ4n) is 2.10. The fraction of sp³-hybridized carbons (Fsp3) is 0.769. The third-order valence-corrected chi connectivity index (χ3v) is 3.20. The van der Waals surface area contributed by atoms with Gasteiger partial charge in [0, 0.05) is 18.8 Å². The monoisotopic (exact) mass is 223 g/mol. The van der Waals surface area contributed by atoms with Gasteiger partial charge in [-0.15, -0.1) is 0 Å². The number of aromatic nitrogens is 2. The molecule has 1 aromatic heterocycles. The van der Waals surface area contributed by atoms with E-state index in [1.807, 2.05) is 18.8 Å². The summed E-state index contributed by atoms with van der Waals surface area (Å²) in [4.78, 5) is 0. The van der Waals surface area contributed by atoms with Crippen LogP contribution in [-0.2, 0) is 19.9 Å². The van der Waals surface area contributed by atoms with Crippen LogP contribution in [0, 0.1) is 5.92 Å². The van der Waals surface area contributed by atoms with Crippen LogP contribution in [0.4, 0.5) is 0 Å². The van der Waals surface area contributed by atoms with E-state index in [0.29, 0.717) is 12.0 Å². The molecule has 0 amide bonds. The lowest BCUT2D eigenvalue weighted by atomic mass is 9.97. The third kappa shape index (κ3) is 3.63. The molecule has 16 heavy (non-hydrogen) atoms. The van der Waals surface area contributed by atoms with Gasteiger partial charge in [-0.25, -0.2) is 0 Å². The quantitative estimate of drug-likeness (QED) is 0.801. The predicted molar refractivity (Wildman–Crippen MR) is 68.6 cm³/mol. The minimum Gasteiger partial charge on any atom is -0.317 e. The highest BCUT2D eigenvalue weighted by molar-refractivity contribution is 5.10. The Labute approximate surface area is 99.2 Å². The van der Waals surface area contributed by atoms with Crippen LogP contribution in [0.1, 0.15) is 38.6 Å². The summed E-state index contributed by atoms with van der Waals surface area (Å²) in [6, 6.07) is 2.83. The number of hydrogen-bond donors (Lipinski definition) is 1. The van der Waals surface area contributed by atoms with Gasteiger partial charge in [0.1, 0.15) is 0 Å². The number of rotatable bonds is 6. The maximum absolute atomic E-state index is 4.48. The molecule has 0 aliphatic carbocycles. The highest BCUT2D eigenvalue weighted by Gasteiger charge is 2.11. The van der Waals surface area contributed by atoms with E-state index in [9.17, 15) is 0 Å². The first-order chi connectivity index (χ1) is 7.56. The summed E-state index contributed by atoms with van der Waals surface area (Å²) in [6.45, 7) is 6.70. The highest BCUT2D eigenvalue weighted by atomic mass is 15.3. The zero-order valence-corrected chi connectivity index (χ0v) is 11.2. The Hall–Kier alpha value is -0.830. The second-order valence-corrected chi connectivity index (χ2v) is 4.84. The molecule has 1 rings (SSSR count). The average Bonchev–Trinajstić information content (AvgIpc) is 2.59. The van der Waals surface area contributed by atoms with E-state index in [2.05, 4.69) is 37.3 Å². The standard InChI is InChI=1S/C13H25N3/c1-6-12-9-13(16(5)15-12)8-10(2)7-11(3)14-4/h9-11,14H,6-8H2,1-5H3. The van der Waals surface area contributed by atoms with Crippen molar-refractivity contribution in [3.05, 3.63) is 17.5 Å². The molecule has 2 atom stereocenters. The summed E-state index contributed by atoms with van der Waals surface area (Å²) in [5.41, 5.74) is 2.55. The van der Waals surface area contributed by atoms with Gasteiger partial charge in [-0.3, -0.25) is 4.68 Å². The summed E-state index contributed by atoms with van der Waals surface area (Å²) in [7, 11) is 4.07. The lowest BCUT2D eigenvalue weighted by Crippen LogP contribution is -2.24. The van der Waals surface area contributed by atoms with E-state index in [0.717, 1.165) is 12.8 Å². The summed E-state index contributed by atoms with van der Waals surface area (Å²) < 4.78 is 2.03. The van der Waals surface area contributed by atoms with Gasteiger partial charge in [0.15, 0.2) is 0 Å². The summed E-state index contributed by atoms with van der Waals surface area (Å²) >= 11 is 0. The normalized spacial score (nSPS) is 15.1. The van der Waals surface area contributed by atoms with Crippen LogP contribution in [0.5, 0.6) is 0 Å². The Kier molecular flexibility index (Phi) is 5.00. The van der Waals surface area contributed by atoms with Crippen molar-refractivity contribution in [3.8, 4) is 0 Å². The van der Waals surface area contributed by atoms with E-state index in [1.54, 1.807) is 0 Å². The van der Waals surface area contributed by atoms with Gasteiger partial charge in [0.05, 0.1) is 5.69 Å². The van der Waals surface area contributed by atoms with Crippen molar-refractivity contribution >= 4 is 0 Å². The molecule has 92 valence electrons. The van der Waals surface area contributed by atoms with Gasteiger partial charge in [-0.1, -0.05) is 13.8 Å². The van der Waals surface area contributed by atoms with E-state index in [4.69, 9.17) is 0 Å². The lowest BCUT2D eigenvalue weighted by Gasteiger charge is -2.16. The molecule has 0 aromatic carbocycles. The van der Waals surface area contributed by atoms with E-state index >= 15 is 0 Å². The van der Waals surface area contributed by atoms with Crippen LogP contribution in [0.25, 0.3) is 0 Å². The topological polar surface area (TPSA) is 29.9 Å². The number of hydrogen-bond acceptors (Lipinski definition) is 2. The maximum atomic E-state index is 4.48. The molecule has 3 heteroatoms. The molecular formula is C13H25N3. The van der Waals surface area contributed by atoms with Crippen LogP contribution in [0.15, 0.2) is 6.07 Å². The Balaban J connectivity index is 2.55. The average molecular weight is 223 g/mol. The van der Waals surface area contributed by atoms with Gasteiger partial charge < -0.3 is 5.32 Å². The van der Waals surface area contributed by atoms with Gasteiger partial charge in [0.25, 0.3) is 0 Å². The minimum absolute atomic E-state index is 0.592. The van der Waals surface area contributed by atoms with Gasteiger partial charge >= 0.3 is 0 Å². The second kappa shape index (κ2) is 6.04. The van der Waals surface area contributed by atoms with E-state index < -0.39 is 0 Å². The summed E-state index contributed by atoms with van der Waals surface area (Å²) in [5.74, 6) is 0.697. The lowest BCUT2D eigenvalue weighted by molar-refractivity contribution is 0.431. The molecule has 1 aromatic rings. The van der Waals surface area contributed by atoms with E-state index in [-0.39, 0.29) is 0 Å². The molecule has 0 radical (unpaired) electrons. The molecule has 2 unspecified atom stereocenters. The van der Waals surface area contributed by atoms with Crippen molar-refractivity contribution < 1.29 is 0 Å². The van der Waals surface area contributed by atoms with Gasteiger partial charge in [-0.05, 0) is 45.2 Å². The van der Waals surface area contributed by atoms with Crippen LogP contribution in [0.3, 0.4) is 0 Å². The SMILES string of the molecule is CCc1cc(CC(C)CC(C)NC)n(C)n1. The van der Waals surface area contributed by atoms with Gasteiger partial charge in [0.2, 0.25) is 0 Å². The van der Waals surface area contributed by atoms with Crippen molar-refractivity contribution in [2.24, 2.45) is 13.0 Å². The molecule has 0 saturated heterocycles. The predicted octanol–water partition coefficient (Wildman–Crippen LogP) is 2.16. The van der Waals surface area contributed by atoms with Crippen LogP contribution < -0.4 is 5.32 Å². The largest absolute Gasteiger partial charge is 0.317 e. The van der Waals surface area contributed by atoms with E-state index in [1.165, 1.54) is 17.8 Å². The number of nitrogens with zero attached hydrogens (tertiary/aromatic N) is 2. The van der Waals surface area contributed by atoms with Crippen LogP contribution in [0.2, 0.25) is 0 Å². The zero-order valence-electron chi connectivity index (χ0n) is 11.2. The first-order valence-corrected chi connectivity index (χ1v) is 6.25. The Morgan fingerprint density at radius 1 is 1.44 bits per heavy atom. The Morgan fingerprint density at radius 2 is 2.12 bits per heavy atom. The van der Waals surface area contributed by atoms with Crippen molar-refractivity contribution in [1.82, 2.24) is 15.1 Å². The number of aryl methyl sites for hydroxylation is 2.